The van der Waals surface area contributed by atoms with Gasteiger partial charge in [-0.15, -0.1) is 6.42 Å². The van der Waals surface area contributed by atoms with Crippen LogP contribution in [0.4, 0.5) is 5.82 Å². The summed E-state index contributed by atoms with van der Waals surface area (Å²) >= 11 is 6.42. The first-order valence-corrected chi connectivity index (χ1v) is 16.5. The monoisotopic (exact) mass is 702 g/mol. The van der Waals surface area contributed by atoms with Gasteiger partial charge in [-0.2, -0.15) is 15.1 Å². The number of aliphatic hydroxyl groups is 1. The highest BCUT2D eigenvalue weighted by Crippen LogP contribution is 2.43. The van der Waals surface area contributed by atoms with Gasteiger partial charge < -0.3 is 48.9 Å². The predicted octanol–water partition coefficient (Wildman–Crippen LogP) is 2.25. The van der Waals surface area contributed by atoms with Gasteiger partial charge >= 0.3 is 0 Å². The van der Waals surface area contributed by atoms with E-state index in [1.54, 1.807) is 10.9 Å². The number of terminal acetylenes is 1. The fraction of sp³-hybridized carbons (Fsp3) is 0.576. The molecule has 2 fully saturated rings. The Morgan fingerprint density at radius 3 is 2.41 bits per heavy atom. The molecule has 49 heavy (non-hydrogen) atoms. The highest BCUT2D eigenvalue weighted by molar-refractivity contribution is 6.28. The molecular weight excluding hydrogens is 660 g/mol. The number of nitrogens with zero attached hydrogens (tertiary/aromatic N) is 4. The molecule has 0 saturated carbocycles. The number of aromatic nitrogens is 4. The number of halogens is 1. The first-order chi connectivity index (χ1) is 23.8. The van der Waals surface area contributed by atoms with E-state index in [9.17, 15) is 9.90 Å². The maximum Gasteiger partial charge on any atom is 0.226 e. The third-order valence-electron chi connectivity index (χ3n) is 7.75. The van der Waals surface area contributed by atoms with Crippen LogP contribution in [-0.2, 0) is 38.0 Å². The van der Waals surface area contributed by atoms with E-state index in [0.717, 1.165) is 5.56 Å². The molecule has 2 aliphatic rings. The average molecular weight is 703 g/mol. The fourth-order valence-corrected chi connectivity index (χ4v) is 5.78. The number of anilines is 1. The Balaban J connectivity index is 1.14. The quantitative estimate of drug-likeness (QED) is 0.0891. The summed E-state index contributed by atoms with van der Waals surface area (Å²) in [5.41, 5.74) is 1.27. The highest BCUT2D eigenvalue weighted by atomic mass is 35.5. The minimum atomic E-state index is -0.855. The number of carbonyl (C=O) groups is 1. The van der Waals surface area contributed by atoms with E-state index in [1.165, 1.54) is 0 Å². The lowest BCUT2D eigenvalue weighted by Gasteiger charge is -2.24. The molecule has 5 atom stereocenters. The Hall–Kier alpha value is -3.43. The minimum Gasteiger partial charge on any atom is -0.394 e. The van der Waals surface area contributed by atoms with Crippen molar-refractivity contribution in [3.05, 3.63) is 47.4 Å². The van der Waals surface area contributed by atoms with Crippen LogP contribution >= 0.6 is 11.6 Å². The normalized spacial score (nSPS) is 21.8. The van der Waals surface area contributed by atoms with Crippen molar-refractivity contribution < 1.29 is 43.1 Å². The zero-order valence-electron chi connectivity index (χ0n) is 27.6. The van der Waals surface area contributed by atoms with Crippen LogP contribution in [0.1, 0.15) is 38.1 Å². The second-order valence-electron chi connectivity index (χ2n) is 11.7. The SMILES string of the molecule is C#CCOCCOCCOCCOCCNC(=O)C[C@@H](Nc1nc(Cl)nc2c1cnn2[C@@H]1O[C@H](CO)[C@H]2OC(C)(C)O[C@H]21)c1ccccc1. The number of hydrogen-bond acceptors (Lipinski definition) is 13. The lowest BCUT2D eigenvalue weighted by Crippen LogP contribution is -2.31. The molecule has 0 spiro atoms. The molecule has 2 aliphatic heterocycles. The molecule has 5 rings (SSSR count). The maximum atomic E-state index is 13.1. The van der Waals surface area contributed by atoms with E-state index in [2.05, 4.69) is 31.6 Å². The van der Waals surface area contributed by atoms with Crippen molar-refractivity contribution in [2.24, 2.45) is 0 Å². The predicted molar refractivity (Wildman–Crippen MR) is 178 cm³/mol. The molecule has 3 N–H and O–H groups in total. The van der Waals surface area contributed by atoms with Gasteiger partial charge in [0.15, 0.2) is 17.7 Å². The number of fused-ring (bicyclic) bond motifs is 2. The van der Waals surface area contributed by atoms with Gasteiger partial charge in [0, 0.05) is 6.54 Å². The molecule has 0 bridgehead atoms. The van der Waals surface area contributed by atoms with Crippen LogP contribution in [0.25, 0.3) is 11.0 Å². The van der Waals surface area contributed by atoms with Crippen molar-refractivity contribution in [2.75, 3.05) is 71.3 Å². The number of ether oxygens (including phenoxy) is 7. The minimum absolute atomic E-state index is 0.0236. The van der Waals surface area contributed by atoms with Gasteiger partial charge in [0.2, 0.25) is 11.2 Å². The Bertz CT molecular complexity index is 1540. The Kier molecular flexibility index (Phi) is 13.5. The van der Waals surface area contributed by atoms with Crippen LogP contribution < -0.4 is 10.6 Å². The average Bonchev–Trinajstić information content (AvgIpc) is 3.75. The molecule has 2 aromatic heterocycles. The first-order valence-electron chi connectivity index (χ1n) is 16.1. The third kappa shape index (κ3) is 10.1. The number of benzene rings is 1. The lowest BCUT2D eigenvalue weighted by atomic mass is 10.0. The van der Waals surface area contributed by atoms with Crippen LogP contribution in [0, 0.1) is 12.3 Å². The first kappa shape index (κ1) is 36.8. The van der Waals surface area contributed by atoms with E-state index in [4.69, 9.17) is 51.2 Å². The topological polar surface area (TPSA) is 170 Å². The number of rotatable bonds is 20. The second-order valence-corrected chi connectivity index (χ2v) is 12.1. The molecule has 2 saturated heterocycles. The van der Waals surface area contributed by atoms with Crippen molar-refractivity contribution in [2.45, 2.75) is 56.6 Å². The molecular formula is C33H43ClN6O9. The highest BCUT2D eigenvalue weighted by Gasteiger charge is 2.56. The van der Waals surface area contributed by atoms with Crippen LogP contribution in [0.2, 0.25) is 5.28 Å². The molecule has 1 amide bonds. The van der Waals surface area contributed by atoms with Gasteiger partial charge in [0.05, 0.1) is 76.9 Å². The summed E-state index contributed by atoms with van der Waals surface area (Å²) in [5.74, 6) is 1.75. The van der Waals surface area contributed by atoms with E-state index >= 15 is 0 Å². The maximum absolute atomic E-state index is 13.1. The number of hydrogen-bond donors (Lipinski definition) is 3. The summed E-state index contributed by atoms with van der Waals surface area (Å²) in [5, 5.41) is 21.3. The summed E-state index contributed by atoms with van der Waals surface area (Å²) in [7, 11) is 0. The van der Waals surface area contributed by atoms with Crippen molar-refractivity contribution in [3.8, 4) is 12.3 Å². The summed E-state index contributed by atoms with van der Waals surface area (Å²) in [6.45, 7) is 6.89. The lowest BCUT2D eigenvalue weighted by molar-refractivity contribution is -0.201. The largest absolute Gasteiger partial charge is 0.394 e. The summed E-state index contributed by atoms with van der Waals surface area (Å²) in [6.07, 6.45) is 4.47. The smallest absolute Gasteiger partial charge is 0.226 e. The van der Waals surface area contributed by atoms with E-state index in [-0.39, 0.29) is 30.8 Å². The molecule has 4 heterocycles. The molecule has 15 nitrogen and oxygen atoms in total. The summed E-state index contributed by atoms with van der Waals surface area (Å²) < 4.78 is 41.4. The third-order valence-corrected chi connectivity index (χ3v) is 7.91. The Labute approximate surface area is 289 Å². The van der Waals surface area contributed by atoms with E-state index in [0.29, 0.717) is 69.6 Å². The van der Waals surface area contributed by atoms with Crippen molar-refractivity contribution in [1.29, 1.82) is 0 Å². The van der Waals surface area contributed by atoms with Crippen molar-refractivity contribution in [1.82, 2.24) is 25.1 Å². The van der Waals surface area contributed by atoms with Gasteiger partial charge in [0.25, 0.3) is 0 Å². The molecule has 0 unspecified atom stereocenters. The molecule has 16 heteroatoms. The second kappa shape index (κ2) is 18.0. The number of carbonyl (C=O) groups excluding carboxylic acids is 1. The zero-order valence-corrected chi connectivity index (χ0v) is 28.3. The van der Waals surface area contributed by atoms with Crippen LogP contribution in [0.3, 0.4) is 0 Å². The summed E-state index contributed by atoms with van der Waals surface area (Å²) in [6, 6.07) is 9.10. The van der Waals surface area contributed by atoms with E-state index in [1.807, 2.05) is 44.2 Å². The van der Waals surface area contributed by atoms with Crippen LogP contribution in [-0.4, -0.2) is 121 Å². The van der Waals surface area contributed by atoms with Crippen LogP contribution in [0.5, 0.6) is 0 Å². The van der Waals surface area contributed by atoms with Gasteiger partial charge in [-0.25, -0.2) is 4.68 Å². The fourth-order valence-electron chi connectivity index (χ4n) is 5.61. The van der Waals surface area contributed by atoms with Gasteiger partial charge in [-0.05, 0) is 31.0 Å². The van der Waals surface area contributed by atoms with Gasteiger partial charge in [-0.1, -0.05) is 36.3 Å². The Morgan fingerprint density at radius 1 is 1.04 bits per heavy atom. The molecule has 1 aromatic carbocycles. The number of nitrogens with one attached hydrogen (secondary N) is 2. The van der Waals surface area contributed by atoms with Crippen LogP contribution in [0.15, 0.2) is 36.5 Å². The molecule has 3 aromatic rings. The number of amides is 1. The number of aliphatic hydroxyl groups excluding tert-OH is 1. The zero-order chi connectivity index (χ0) is 34.6. The standard InChI is InChI=1S/C33H43ClN6O9/c1-4-11-43-13-15-45-17-18-46-16-14-44-12-10-35-26(42)19-24(22-8-6-5-7-9-22)37-29-23-20-36-40(30(23)39-32(34)38-29)31-28-27(25(21-41)47-31)48-33(2,3)49-28/h1,5-9,20,24-25,27-28,31,41H,10-19,21H2,2-3H3,(H,35,42)(H,37,38,39)/t24-,25-,27-,28-,31-/m1/s1. The molecule has 0 radical (unpaired) electrons. The Morgan fingerprint density at radius 2 is 1.71 bits per heavy atom. The van der Waals surface area contributed by atoms with Crippen molar-refractivity contribution >= 4 is 34.4 Å². The molecule has 0 aliphatic carbocycles. The van der Waals surface area contributed by atoms with E-state index < -0.39 is 36.4 Å². The van der Waals surface area contributed by atoms with Crippen molar-refractivity contribution in [3.63, 3.8) is 0 Å². The molecule has 266 valence electrons. The summed E-state index contributed by atoms with van der Waals surface area (Å²) in [4.78, 5) is 21.9. The van der Waals surface area contributed by atoms with Gasteiger partial charge in [0.1, 0.15) is 30.7 Å². The van der Waals surface area contributed by atoms with Gasteiger partial charge in [-0.3, -0.25) is 4.79 Å².